The van der Waals surface area contributed by atoms with E-state index in [1.807, 2.05) is 0 Å². The fraction of sp³-hybridized carbons (Fsp3) is 0.700. The molecule has 0 amide bonds. The topological polar surface area (TPSA) is 24.9 Å². The summed E-state index contributed by atoms with van der Waals surface area (Å²) in [6, 6.07) is 0. The van der Waals surface area contributed by atoms with E-state index in [4.69, 9.17) is 0 Å². The second kappa shape index (κ2) is 3.66. The zero-order valence-corrected chi connectivity index (χ0v) is 9.08. The lowest BCUT2D eigenvalue weighted by molar-refractivity contribution is 0.965. The van der Waals surface area contributed by atoms with Crippen LogP contribution in [-0.2, 0) is 0 Å². The summed E-state index contributed by atoms with van der Waals surface area (Å²) in [7, 11) is 0. The van der Waals surface area contributed by atoms with E-state index in [0.29, 0.717) is 0 Å². The van der Waals surface area contributed by atoms with E-state index in [1.165, 1.54) is 23.4 Å². The van der Waals surface area contributed by atoms with E-state index in [0.717, 1.165) is 24.0 Å². The summed E-state index contributed by atoms with van der Waals surface area (Å²) in [4.78, 5) is 6.02. The number of hydrogen-bond acceptors (Lipinski definition) is 3. The molecule has 1 aliphatic carbocycles. The van der Waals surface area contributed by atoms with Crippen LogP contribution >= 0.6 is 11.3 Å². The molecule has 1 fully saturated rings. The van der Waals surface area contributed by atoms with Crippen LogP contribution in [0.2, 0.25) is 0 Å². The van der Waals surface area contributed by atoms with Crippen LogP contribution in [0, 0.1) is 6.92 Å². The molecule has 2 nitrogen and oxygen atoms in total. The maximum Gasteiger partial charge on any atom is 0.183 e. The Kier molecular flexibility index (Phi) is 2.54. The van der Waals surface area contributed by atoms with E-state index >= 15 is 0 Å². The predicted octanol–water partition coefficient (Wildman–Crippen LogP) is 3.15. The highest BCUT2D eigenvalue weighted by Gasteiger charge is 2.28. The highest BCUT2D eigenvalue weighted by atomic mass is 32.1. The van der Waals surface area contributed by atoms with Crippen LogP contribution in [0.3, 0.4) is 0 Å². The number of thiazole rings is 1. The fourth-order valence-corrected chi connectivity index (χ4v) is 2.38. The molecular weight excluding hydrogens is 180 g/mol. The van der Waals surface area contributed by atoms with Crippen LogP contribution in [-0.4, -0.2) is 11.5 Å². The highest BCUT2D eigenvalue weighted by Crippen LogP contribution is 2.43. The van der Waals surface area contributed by atoms with Gasteiger partial charge >= 0.3 is 0 Å². The predicted molar refractivity (Wildman–Crippen MR) is 57.6 cm³/mol. The number of hydrogen-bond donors (Lipinski definition) is 1. The van der Waals surface area contributed by atoms with Crippen molar-refractivity contribution in [3.63, 3.8) is 0 Å². The minimum Gasteiger partial charge on any atom is -0.362 e. The number of aromatic nitrogens is 1. The Labute approximate surface area is 83.4 Å². The smallest absolute Gasteiger partial charge is 0.183 e. The van der Waals surface area contributed by atoms with Gasteiger partial charge in [-0.3, -0.25) is 0 Å². The number of nitrogens with zero attached hydrogens (tertiary/aromatic N) is 1. The van der Waals surface area contributed by atoms with Gasteiger partial charge in [0, 0.05) is 17.3 Å². The van der Waals surface area contributed by atoms with Crippen LogP contribution in [0.5, 0.6) is 0 Å². The minimum atomic E-state index is 0.786. The van der Waals surface area contributed by atoms with Gasteiger partial charge in [0.2, 0.25) is 0 Å². The summed E-state index contributed by atoms with van der Waals surface area (Å²) in [5.74, 6) is 0.786. The van der Waals surface area contributed by atoms with Crippen molar-refractivity contribution in [2.45, 2.75) is 39.0 Å². The molecule has 0 aromatic carbocycles. The summed E-state index contributed by atoms with van der Waals surface area (Å²) in [6.07, 6.45) is 3.85. The normalized spacial score (nSPS) is 16.2. The fourth-order valence-electron chi connectivity index (χ4n) is 1.45. The maximum absolute atomic E-state index is 4.62. The minimum absolute atomic E-state index is 0.786. The highest BCUT2D eigenvalue weighted by molar-refractivity contribution is 7.15. The Morgan fingerprint density at radius 2 is 2.31 bits per heavy atom. The molecule has 1 aliphatic rings. The van der Waals surface area contributed by atoms with Crippen LogP contribution in [0.15, 0.2) is 0 Å². The molecule has 0 aliphatic heterocycles. The Bertz CT molecular complexity index is 289. The summed E-state index contributed by atoms with van der Waals surface area (Å²) >= 11 is 1.80. The van der Waals surface area contributed by atoms with Crippen LogP contribution in [0.1, 0.15) is 42.7 Å². The summed E-state index contributed by atoms with van der Waals surface area (Å²) in [5.41, 5.74) is 1.35. The van der Waals surface area contributed by atoms with E-state index in [2.05, 4.69) is 24.1 Å². The van der Waals surface area contributed by atoms with Gasteiger partial charge in [0.05, 0.1) is 5.69 Å². The van der Waals surface area contributed by atoms with Crippen molar-refractivity contribution in [1.82, 2.24) is 4.98 Å². The molecule has 0 bridgehead atoms. The molecule has 0 radical (unpaired) electrons. The second-order valence-electron chi connectivity index (χ2n) is 3.66. The largest absolute Gasteiger partial charge is 0.362 e. The van der Waals surface area contributed by atoms with Gasteiger partial charge in [-0.1, -0.05) is 6.92 Å². The van der Waals surface area contributed by atoms with Gasteiger partial charge in [-0.15, -0.1) is 11.3 Å². The molecule has 0 spiro atoms. The molecule has 1 aromatic heterocycles. The Morgan fingerprint density at radius 1 is 1.54 bits per heavy atom. The van der Waals surface area contributed by atoms with Gasteiger partial charge in [-0.2, -0.15) is 0 Å². The molecule has 1 aromatic rings. The zero-order valence-electron chi connectivity index (χ0n) is 8.26. The zero-order chi connectivity index (χ0) is 9.26. The Hall–Kier alpha value is -0.570. The van der Waals surface area contributed by atoms with Crippen molar-refractivity contribution in [1.29, 1.82) is 0 Å². The van der Waals surface area contributed by atoms with Crippen LogP contribution in [0.25, 0.3) is 0 Å². The van der Waals surface area contributed by atoms with Gasteiger partial charge < -0.3 is 5.32 Å². The molecule has 3 heteroatoms. The first-order chi connectivity index (χ1) is 6.31. The molecule has 1 heterocycles. The second-order valence-corrected chi connectivity index (χ2v) is 4.86. The van der Waals surface area contributed by atoms with Crippen molar-refractivity contribution < 1.29 is 0 Å². The average molecular weight is 196 g/mol. The van der Waals surface area contributed by atoms with Crippen molar-refractivity contribution in [3.05, 3.63) is 10.6 Å². The van der Waals surface area contributed by atoms with Crippen molar-refractivity contribution in [3.8, 4) is 0 Å². The van der Waals surface area contributed by atoms with E-state index in [-0.39, 0.29) is 0 Å². The van der Waals surface area contributed by atoms with E-state index in [9.17, 15) is 0 Å². The van der Waals surface area contributed by atoms with Gasteiger partial charge in [-0.25, -0.2) is 4.98 Å². The lowest BCUT2D eigenvalue weighted by Crippen LogP contribution is -1.98. The van der Waals surface area contributed by atoms with Gasteiger partial charge in [0.1, 0.15) is 0 Å². The van der Waals surface area contributed by atoms with E-state index < -0.39 is 0 Å². The maximum atomic E-state index is 4.62. The number of anilines is 1. The molecular formula is C10H16N2S. The third-order valence-corrected chi connectivity index (χ3v) is 3.27. The molecule has 13 heavy (non-hydrogen) atoms. The number of aryl methyl sites for hydroxylation is 1. The summed E-state index contributed by atoms with van der Waals surface area (Å²) in [6.45, 7) is 5.40. The molecule has 1 saturated carbocycles. The number of rotatable bonds is 4. The monoisotopic (exact) mass is 196 g/mol. The molecule has 2 rings (SSSR count). The first-order valence-electron chi connectivity index (χ1n) is 5.02. The lowest BCUT2D eigenvalue weighted by atomic mass is 10.3. The van der Waals surface area contributed by atoms with Gasteiger partial charge in [-0.05, 0) is 26.2 Å². The Balaban J connectivity index is 2.05. The van der Waals surface area contributed by atoms with Gasteiger partial charge in [0.25, 0.3) is 0 Å². The first kappa shape index (κ1) is 9.00. The average Bonchev–Trinajstić information content (AvgIpc) is 2.88. The quantitative estimate of drug-likeness (QED) is 0.800. The van der Waals surface area contributed by atoms with Crippen LogP contribution < -0.4 is 5.32 Å². The molecule has 0 unspecified atom stereocenters. The third-order valence-electron chi connectivity index (χ3n) is 2.32. The SMILES string of the molecule is CCCNc1nc(C2CC2)c(C)s1. The lowest BCUT2D eigenvalue weighted by Gasteiger charge is -1.96. The summed E-state index contributed by atoms with van der Waals surface area (Å²) < 4.78 is 0. The molecule has 0 atom stereocenters. The van der Waals surface area contributed by atoms with E-state index in [1.54, 1.807) is 11.3 Å². The van der Waals surface area contributed by atoms with Crippen molar-refractivity contribution in [2.24, 2.45) is 0 Å². The van der Waals surface area contributed by atoms with Crippen molar-refractivity contribution in [2.75, 3.05) is 11.9 Å². The molecule has 1 N–H and O–H groups in total. The summed E-state index contributed by atoms with van der Waals surface area (Å²) in [5, 5.41) is 4.46. The van der Waals surface area contributed by atoms with Crippen LogP contribution in [0.4, 0.5) is 5.13 Å². The first-order valence-corrected chi connectivity index (χ1v) is 5.84. The third kappa shape index (κ3) is 2.02. The Morgan fingerprint density at radius 3 is 2.92 bits per heavy atom. The molecule has 0 saturated heterocycles. The van der Waals surface area contributed by atoms with Crippen molar-refractivity contribution >= 4 is 16.5 Å². The standard InChI is InChI=1S/C10H16N2S/c1-3-6-11-10-12-9(7(2)13-10)8-4-5-8/h8H,3-6H2,1-2H3,(H,11,12). The molecule has 72 valence electrons. The number of nitrogens with one attached hydrogen (secondary N) is 1. The van der Waals surface area contributed by atoms with Gasteiger partial charge in [0.15, 0.2) is 5.13 Å².